The fourth-order valence-corrected chi connectivity index (χ4v) is 4.14. The van der Waals surface area contributed by atoms with Crippen molar-refractivity contribution in [2.75, 3.05) is 24.5 Å². The summed E-state index contributed by atoms with van der Waals surface area (Å²) in [5.74, 6) is 0.118. The number of carbonyl (C=O) groups is 1. The molecule has 1 unspecified atom stereocenters. The number of nitrogens with zero attached hydrogens (tertiary/aromatic N) is 1. The molecule has 4 heteroatoms. The minimum Gasteiger partial charge on any atom is -0.371 e. The first-order valence-electron chi connectivity index (χ1n) is 9.06. The Labute approximate surface area is 154 Å². The summed E-state index contributed by atoms with van der Waals surface area (Å²) in [6.45, 7) is 4.81. The number of nitrogens with one attached hydrogen (secondary N) is 1. The third kappa shape index (κ3) is 5.02. The second-order valence-electron chi connectivity index (χ2n) is 6.44. The molecule has 1 amide bonds. The van der Waals surface area contributed by atoms with Gasteiger partial charge in [0.15, 0.2) is 0 Å². The average Bonchev–Trinajstić information content (AvgIpc) is 2.66. The molecule has 2 aromatic carbocycles. The van der Waals surface area contributed by atoms with Gasteiger partial charge in [-0.3, -0.25) is 4.79 Å². The SMILES string of the molecule is CC(Sc1ccccc1)C(=O)NCCCN1CCCc2ccccc21. The highest BCUT2D eigenvalue weighted by Gasteiger charge is 2.16. The Morgan fingerprint density at radius 2 is 1.92 bits per heavy atom. The van der Waals surface area contributed by atoms with Gasteiger partial charge in [0.25, 0.3) is 0 Å². The van der Waals surface area contributed by atoms with Gasteiger partial charge in [-0.2, -0.15) is 0 Å². The highest BCUT2D eigenvalue weighted by molar-refractivity contribution is 8.00. The van der Waals surface area contributed by atoms with E-state index in [4.69, 9.17) is 0 Å². The lowest BCUT2D eigenvalue weighted by molar-refractivity contribution is -0.120. The minimum absolute atomic E-state index is 0.0712. The van der Waals surface area contributed by atoms with Crippen LogP contribution in [0.2, 0.25) is 0 Å². The Hall–Kier alpha value is -1.94. The molecule has 1 atom stereocenters. The maximum absolute atomic E-state index is 12.3. The molecule has 0 aromatic heterocycles. The van der Waals surface area contributed by atoms with Crippen molar-refractivity contribution < 1.29 is 4.79 Å². The Morgan fingerprint density at radius 1 is 1.16 bits per heavy atom. The standard InChI is InChI=1S/C21H26N2OS/c1-17(25-19-11-3-2-4-12-19)21(24)22-14-8-16-23-15-7-10-18-9-5-6-13-20(18)23/h2-6,9,11-13,17H,7-8,10,14-16H2,1H3,(H,22,24). The number of rotatable bonds is 7. The number of anilines is 1. The Bertz CT molecular complexity index is 689. The minimum atomic E-state index is -0.0712. The molecule has 3 nitrogen and oxygen atoms in total. The van der Waals surface area contributed by atoms with Crippen molar-refractivity contribution in [3.8, 4) is 0 Å². The molecule has 1 heterocycles. The lowest BCUT2D eigenvalue weighted by Gasteiger charge is -2.31. The molecule has 0 bridgehead atoms. The summed E-state index contributed by atoms with van der Waals surface area (Å²) in [7, 11) is 0. The molecule has 0 aliphatic carbocycles. The number of hydrogen-bond donors (Lipinski definition) is 1. The highest BCUT2D eigenvalue weighted by Crippen LogP contribution is 2.26. The molecule has 0 fully saturated rings. The lowest BCUT2D eigenvalue weighted by Crippen LogP contribution is -2.35. The van der Waals surface area contributed by atoms with Crippen LogP contribution in [-0.4, -0.2) is 30.8 Å². The van der Waals surface area contributed by atoms with Crippen LogP contribution in [0.25, 0.3) is 0 Å². The van der Waals surface area contributed by atoms with Gasteiger partial charge in [0.1, 0.15) is 0 Å². The predicted octanol–water partition coefficient (Wildman–Crippen LogP) is 4.13. The largest absolute Gasteiger partial charge is 0.371 e. The maximum Gasteiger partial charge on any atom is 0.233 e. The molecule has 1 aliphatic rings. The van der Waals surface area contributed by atoms with E-state index >= 15 is 0 Å². The van der Waals surface area contributed by atoms with Crippen molar-refractivity contribution >= 4 is 23.4 Å². The Balaban J connectivity index is 1.41. The zero-order valence-electron chi connectivity index (χ0n) is 14.8. The summed E-state index contributed by atoms with van der Waals surface area (Å²) >= 11 is 1.61. The lowest BCUT2D eigenvalue weighted by atomic mass is 10.0. The van der Waals surface area contributed by atoms with Gasteiger partial charge >= 0.3 is 0 Å². The summed E-state index contributed by atoms with van der Waals surface area (Å²) in [5, 5.41) is 3.01. The van der Waals surface area contributed by atoms with Crippen LogP contribution < -0.4 is 10.2 Å². The van der Waals surface area contributed by atoms with Crippen LogP contribution in [0.15, 0.2) is 59.5 Å². The number of para-hydroxylation sites is 1. The van der Waals surface area contributed by atoms with Gasteiger partial charge in [-0.1, -0.05) is 36.4 Å². The second kappa shape index (κ2) is 8.95. The molecule has 2 aromatic rings. The van der Waals surface area contributed by atoms with E-state index in [0.717, 1.165) is 31.0 Å². The first-order valence-corrected chi connectivity index (χ1v) is 9.94. The van der Waals surface area contributed by atoms with Crippen LogP contribution in [0, 0.1) is 0 Å². The van der Waals surface area contributed by atoms with Crippen molar-refractivity contribution in [2.24, 2.45) is 0 Å². The molecular weight excluding hydrogens is 328 g/mol. The molecule has 0 radical (unpaired) electrons. The summed E-state index contributed by atoms with van der Waals surface area (Å²) in [5.41, 5.74) is 2.82. The zero-order valence-corrected chi connectivity index (χ0v) is 15.6. The first-order chi connectivity index (χ1) is 12.2. The van der Waals surface area contributed by atoms with Crippen LogP contribution in [0.5, 0.6) is 0 Å². The third-order valence-electron chi connectivity index (χ3n) is 4.54. The monoisotopic (exact) mass is 354 g/mol. The molecule has 1 N–H and O–H groups in total. The van der Waals surface area contributed by atoms with E-state index < -0.39 is 0 Å². The summed E-state index contributed by atoms with van der Waals surface area (Å²) in [6, 6.07) is 18.8. The number of benzene rings is 2. The number of hydrogen-bond acceptors (Lipinski definition) is 3. The van der Waals surface area contributed by atoms with Gasteiger partial charge in [0, 0.05) is 30.2 Å². The van der Waals surface area contributed by atoms with E-state index in [-0.39, 0.29) is 11.2 Å². The van der Waals surface area contributed by atoms with Crippen molar-refractivity contribution in [1.82, 2.24) is 5.32 Å². The van der Waals surface area contributed by atoms with E-state index in [2.05, 4.69) is 34.5 Å². The molecule has 3 rings (SSSR count). The van der Waals surface area contributed by atoms with Crippen LogP contribution in [0.1, 0.15) is 25.3 Å². The van der Waals surface area contributed by atoms with Crippen molar-refractivity contribution in [3.63, 3.8) is 0 Å². The van der Waals surface area contributed by atoms with Gasteiger partial charge in [-0.05, 0) is 49.9 Å². The van der Waals surface area contributed by atoms with Crippen LogP contribution in [0.4, 0.5) is 5.69 Å². The van der Waals surface area contributed by atoms with E-state index in [1.54, 1.807) is 11.8 Å². The summed E-state index contributed by atoms with van der Waals surface area (Å²) in [6.07, 6.45) is 3.37. The van der Waals surface area contributed by atoms with Crippen molar-refractivity contribution in [2.45, 2.75) is 36.3 Å². The fourth-order valence-electron chi connectivity index (χ4n) is 3.23. The van der Waals surface area contributed by atoms with E-state index in [1.807, 2.05) is 37.3 Å². The first kappa shape index (κ1) is 17.9. The third-order valence-corrected chi connectivity index (χ3v) is 5.65. The highest BCUT2D eigenvalue weighted by atomic mass is 32.2. The molecule has 0 spiro atoms. The molecule has 1 aliphatic heterocycles. The zero-order chi connectivity index (χ0) is 17.5. The number of aryl methyl sites for hydroxylation is 1. The van der Waals surface area contributed by atoms with Gasteiger partial charge in [0.05, 0.1) is 5.25 Å². The molecule has 25 heavy (non-hydrogen) atoms. The molecular formula is C21H26N2OS. The van der Waals surface area contributed by atoms with Gasteiger partial charge in [-0.25, -0.2) is 0 Å². The Kier molecular flexibility index (Phi) is 6.40. The molecule has 132 valence electrons. The van der Waals surface area contributed by atoms with Crippen LogP contribution in [-0.2, 0) is 11.2 Å². The maximum atomic E-state index is 12.3. The number of fused-ring (bicyclic) bond motifs is 1. The predicted molar refractivity (Wildman–Crippen MR) is 106 cm³/mol. The quantitative estimate of drug-likeness (QED) is 0.599. The van der Waals surface area contributed by atoms with Gasteiger partial charge in [0.2, 0.25) is 5.91 Å². The van der Waals surface area contributed by atoms with E-state index in [9.17, 15) is 4.79 Å². The number of carbonyl (C=O) groups excluding carboxylic acids is 1. The fraction of sp³-hybridized carbons (Fsp3) is 0.381. The topological polar surface area (TPSA) is 32.3 Å². The molecule has 0 saturated heterocycles. The normalized spacial score (nSPS) is 14.7. The van der Waals surface area contributed by atoms with Crippen molar-refractivity contribution in [1.29, 1.82) is 0 Å². The molecule has 0 saturated carbocycles. The van der Waals surface area contributed by atoms with Crippen molar-refractivity contribution in [3.05, 3.63) is 60.2 Å². The van der Waals surface area contributed by atoms with Crippen LogP contribution in [0.3, 0.4) is 0 Å². The van der Waals surface area contributed by atoms with E-state index in [1.165, 1.54) is 24.1 Å². The number of thioether (sulfide) groups is 1. The van der Waals surface area contributed by atoms with E-state index in [0.29, 0.717) is 0 Å². The summed E-state index contributed by atoms with van der Waals surface area (Å²) in [4.78, 5) is 15.8. The number of amides is 1. The second-order valence-corrected chi connectivity index (χ2v) is 7.85. The van der Waals surface area contributed by atoms with Gasteiger partial charge in [-0.15, -0.1) is 11.8 Å². The average molecular weight is 355 g/mol. The van der Waals surface area contributed by atoms with Crippen LogP contribution >= 0.6 is 11.8 Å². The Morgan fingerprint density at radius 3 is 2.76 bits per heavy atom. The summed E-state index contributed by atoms with van der Waals surface area (Å²) < 4.78 is 0. The van der Waals surface area contributed by atoms with Gasteiger partial charge < -0.3 is 10.2 Å². The smallest absolute Gasteiger partial charge is 0.233 e.